The second-order valence-electron chi connectivity index (χ2n) is 6.53. The van der Waals surface area contributed by atoms with E-state index in [2.05, 4.69) is 15.0 Å². The summed E-state index contributed by atoms with van der Waals surface area (Å²) in [7, 11) is 1.38. The van der Waals surface area contributed by atoms with E-state index in [-0.39, 0.29) is 23.8 Å². The molecular weight excluding hydrogens is 394 g/mol. The van der Waals surface area contributed by atoms with E-state index in [1.54, 1.807) is 19.1 Å². The monoisotopic (exact) mass is 416 g/mol. The number of benzene rings is 2. The molecule has 1 aromatic heterocycles. The van der Waals surface area contributed by atoms with Crippen molar-refractivity contribution in [3.8, 4) is 23.0 Å². The van der Waals surface area contributed by atoms with Gasteiger partial charge in [0, 0.05) is 12.1 Å². The van der Waals surface area contributed by atoms with Crippen LogP contribution in [0, 0.1) is 6.92 Å². The lowest BCUT2D eigenvalue weighted by Crippen LogP contribution is -2.27. The van der Waals surface area contributed by atoms with E-state index in [1.807, 2.05) is 30.3 Å². The molecule has 158 valence electrons. The molecule has 0 saturated carbocycles. The first kappa shape index (κ1) is 21.3. The molecule has 6 nitrogen and oxygen atoms in total. The number of rotatable bonds is 9. The molecule has 3 aromatic rings. The Bertz CT molecular complexity index is 990. The van der Waals surface area contributed by atoms with Gasteiger partial charge in [-0.25, -0.2) is 4.98 Å². The SMILES string of the molecule is COc1ccc(CCNC(=O)Cc2nc(-c3ccccc3)oc2C)cc1OC(F)F. The molecule has 1 amide bonds. The number of hydrogen-bond donors (Lipinski definition) is 1. The summed E-state index contributed by atoms with van der Waals surface area (Å²) in [6.07, 6.45) is 0.535. The van der Waals surface area contributed by atoms with Crippen molar-refractivity contribution in [2.24, 2.45) is 0 Å². The van der Waals surface area contributed by atoms with Crippen molar-refractivity contribution in [1.82, 2.24) is 10.3 Å². The highest BCUT2D eigenvalue weighted by Crippen LogP contribution is 2.29. The van der Waals surface area contributed by atoms with Gasteiger partial charge in [0.15, 0.2) is 11.5 Å². The van der Waals surface area contributed by atoms with Gasteiger partial charge < -0.3 is 19.2 Å². The molecule has 0 saturated heterocycles. The normalized spacial score (nSPS) is 10.8. The van der Waals surface area contributed by atoms with E-state index in [0.717, 1.165) is 11.1 Å². The van der Waals surface area contributed by atoms with Crippen molar-refractivity contribution in [3.05, 3.63) is 65.5 Å². The maximum absolute atomic E-state index is 12.5. The van der Waals surface area contributed by atoms with Crippen molar-refractivity contribution in [3.63, 3.8) is 0 Å². The average molecular weight is 416 g/mol. The lowest BCUT2D eigenvalue weighted by Gasteiger charge is -2.11. The highest BCUT2D eigenvalue weighted by atomic mass is 19.3. The summed E-state index contributed by atoms with van der Waals surface area (Å²) in [4.78, 5) is 16.7. The van der Waals surface area contributed by atoms with Crippen LogP contribution in [0.2, 0.25) is 0 Å². The molecule has 0 aliphatic rings. The second-order valence-corrected chi connectivity index (χ2v) is 6.53. The summed E-state index contributed by atoms with van der Waals surface area (Å²) in [5.41, 5.74) is 2.15. The summed E-state index contributed by atoms with van der Waals surface area (Å²) in [6, 6.07) is 14.2. The van der Waals surface area contributed by atoms with Crippen LogP contribution >= 0.6 is 0 Å². The molecule has 1 N–H and O–H groups in total. The van der Waals surface area contributed by atoms with E-state index in [4.69, 9.17) is 9.15 Å². The van der Waals surface area contributed by atoms with Crippen LogP contribution < -0.4 is 14.8 Å². The number of aromatic nitrogens is 1. The summed E-state index contributed by atoms with van der Waals surface area (Å²) in [5.74, 6) is 1.04. The first-order chi connectivity index (χ1) is 14.5. The summed E-state index contributed by atoms with van der Waals surface area (Å²) in [5, 5.41) is 2.80. The second kappa shape index (κ2) is 9.87. The standard InChI is InChI=1S/C22H22F2N2O4/c1-14-17(26-21(29-14)16-6-4-3-5-7-16)13-20(27)25-11-10-15-8-9-18(28-2)19(12-15)30-22(23)24/h3-9,12,22H,10-11,13H2,1-2H3,(H,25,27). The van der Waals surface area contributed by atoms with Crippen LogP contribution in [-0.4, -0.2) is 31.2 Å². The number of aryl methyl sites for hydroxylation is 1. The van der Waals surface area contributed by atoms with Crippen molar-refractivity contribution in [2.75, 3.05) is 13.7 Å². The van der Waals surface area contributed by atoms with Gasteiger partial charge in [0.25, 0.3) is 0 Å². The zero-order valence-corrected chi connectivity index (χ0v) is 16.7. The topological polar surface area (TPSA) is 73.6 Å². The predicted molar refractivity (Wildman–Crippen MR) is 107 cm³/mol. The first-order valence-corrected chi connectivity index (χ1v) is 9.36. The predicted octanol–water partition coefficient (Wildman–Crippen LogP) is 4.16. The molecular formula is C22H22F2N2O4. The molecule has 0 spiro atoms. The molecule has 0 radical (unpaired) electrons. The van der Waals surface area contributed by atoms with Gasteiger partial charge in [-0.05, 0) is 43.2 Å². The summed E-state index contributed by atoms with van der Waals surface area (Å²) >= 11 is 0. The Morgan fingerprint density at radius 3 is 2.63 bits per heavy atom. The molecule has 30 heavy (non-hydrogen) atoms. The number of hydrogen-bond acceptors (Lipinski definition) is 5. The molecule has 0 aliphatic carbocycles. The number of halogens is 2. The van der Waals surface area contributed by atoms with Gasteiger partial charge in [-0.1, -0.05) is 24.3 Å². The molecule has 2 aromatic carbocycles. The van der Waals surface area contributed by atoms with Crippen LogP contribution in [0.3, 0.4) is 0 Å². The average Bonchev–Trinajstić information content (AvgIpc) is 3.09. The van der Waals surface area contributed by atoms with Gasteiger partial charge >= 0.3 is 6.61 Å². The van der Waals surface area contributed by atoms with Gasteiger partial charge in [0.2, 0.25) is 11.8 Å². The zero-order chi connectivity index (χ0) is 21.5. The lowest BCUT2D eigenvalue weighted by atomic mass is 10.1. The Kier molecular flexibility index (Phi) is 7.00. The number of nitrogens with one attached hydrogen (secondary N) is 1. The van der Waals surface area contributed by atoms with Crippen LogP contribution in [0.4, 0.5) is 8.78 Å². The lowest BCUT2D eigenvalue weighted by molar-refractivity contribution is -0.120. The minimum Gasteiger partial charge on any atom is -0.493 e. The third-order valence-electron chi connectivity index (χ3n) is 4.42. The zero-order valence-electron chi connectivity index (χ0n) is 16.7. The Hall–Kier alpha value is -3.42. The fourth-order valence-corrected chi connectivity index (χ4v) is 2.92. The third kappa shape index (κ3) is 5.56. The molecule has 0 unspecified atom stereocenters. The van der Waals surface area contributed by atoms with Gasteiger partial charge in [0.1, 0.15) is 5.76 Å². The molecule has 3 rings (SSSR count). The van der Waals surface area contributed by atoms with E-state index < -0.39 is 6.61 Å². The molecule has 1 heterocycles. The van der Waals surface area contributed by atoms with E-state index in [0.29, 0.717) is 30.3 Å². The van der Waals surface area contributed by atoms with Gasteiger partial charge in [-0.15, -0.1) is 0 Å². The number of nitrogens with zero attached hydrogens (tertiary/aromatic N) is 1. The fourth-order valence-electron chi connectivity index (χ4n) is 2.92. The number of oxazole rings is 1. The first-order valence-electron chi connectivity index (χ1n) is 9.36. The largest absolute Gasteiger partial charge is 0.493 e. The highest BCUT2D eigenvalue weighted by Gasteiger charge is 2.15. The molecule has 0 fully saturated rings. The van der Waals surface area contributed by atoms with Crippen LogP contribution in [0.15, 0.2) is 52.9 Å². The van der Waals surface area contributed by atoms with Crippen molar-refractivity contribution < 1.29 is 27.5 Å². The Labute approximate surface area is 172 Å². The maximum atomic E-state index is 12.5. The van der Waals surface area contributed by atoms with E-state index in [9.17, 15) is 13.6 Å². The van der Waals surface area contributed by atoms with E-state index >= 15 is 0 Å². The number of alkyl halides is 2. The van der Waals surface area contributed by atoms with Crippen LogP contribution in [-0.2, 0) is 17.6 Å². The Balaban J connectivity index is 1.55. The quantitative estimate of drug-likeness (QED) is 0.567. The van der Waals surface area contributed by atoms with Gasteiger partial charge in [-0.2, -0.15) is 8.78 Å². The fraction of sp³-hybridized carbons (Fsp3) is 0.273. The Morgan fingerprint density at radius 2 is 1.93 bits per heavy atom. The van der Waals surface area contributed by atoms with Gasteiger partial charge in [-0.3, -0.25) is 4.79 Å². The van der Waals surface area contributed by atoms with Crippen LogP contribution in [0.1, 0.15) is 17.0 Å². The minimum absolute atomic E-state index is 0.0389. The summed E-state index contributed by atoms with van der Waals surface area (Å²) in [6.45, 7) is -0.841. The highest BCUT2D eigenvalue weighted by molar-refractivity contribution is 5.78. The van der Waals surface area contributed by atoms with Crippen molar-refractivity contribution in [1.29, 1.82) is 0 Å². The number of methoxy groups -OCH3 is 1. The molecule has 0 aliphatic heterocycles. The van der Waals surface area contributed by atoms with Crippen LogP contribution in [0.25, 0.3) is 11.5 Å². The van der Waals surface area contributed by atoms with Crippen LogP contribution in [0.5, 0.6) is 11.5 Å². The number of ether oxygens (including phenoxy) is 2. The Morgan fingerprint density at radius 1 is 1.17 bits per heavy atom. The van der Waals surface area contributed by atoms with Crippen molar-refractivity contribution >= 4 is 5.91 Å². The number of amides is 1. The van der Waals surface area contributed by atoms with E-state index in [1.165, 1.54) is 13.2 Å². The van der Waals surface area contributed by atoms with Crippen molar-refractivity contribution in [2.45, 2.75) is 26.4 Å². The molecule has 0 atom stereocenters. The number of carbonyl (C=O) groups is 1. The summed E-state index contributed by atoms with van der Waals surface area (Å²) < 4.78 is 40.2. The third-order valence-corrected chi connectivity index (χ3v) is 4.42. The number of carbonyl (C=O) groups excluding carboxylic acids is 1. The minimum atomic E-state index is -2.94. The maximum Gasteiger partial charge on any atom is 0.387 e. The van der Waals surface area contributed by atoms with Gasteiger partial charge in [0.05, 0.1) is 19.2 Å². The molecule has 0 bridgehead atoms. The molecule has 8 heteroatoms. The smallest absolute Gasteiger partial charge is 0.387 e.